The van der Waals surface area contributed by atoms with Crippen molar-refractivity contribution >= 4 is 21.6 Å². The van der Waals surface area contributed by atoms with Gasteiger partial charge in [-0.05, 0) is 12.1 Å². The fraction of sp³-hybridized carbons (Fsp3) is 0.222. The Kier molecular flexibility index (Phi) is 3.92. The monoisotopic (exact) mass is 259 g/mol. The molecule has 1 aromatic rings. The van der Waals surface area contributed by atoms with Gasteiger partial charge in [0.2, 0.25) is 15.9 Å². The van der Waals surface area contributed by atoms with Crippen LogP contribution in [0.4, 0.5) is 5.69 Å². The third kappa shape index (κ3) is 3.33. The van der Waals surface area contributed by atoms with Gasteiger partial charge in [-0.3, -0.25) is 4.79 Å². The van der Waals surface area contributed by atoms with Crippen LogP contribution in [0.2, 0.25) is 0 Å². The molecule has 5 N–H and O–H groups in total. The van der Waals surface area contributed by atoms with E-state index in [-0.39, 0.29) is 10.6 Å². The van der Waals surface area contributed by atoms with Crippen LogP contribution in [0.5, 0.6) is 5.75 Å². The number of anilines is 1. The number of amides is 1. The van der Waals surface area contributed by atoms with Crippen molar-refractivity contribution in [3.63, 3.8) is 0 Å². The molecule has 0 heterocycles. The van der Waals surface area contributed by atoms with Crippen LogP contribution in [0, 0.1) is 0 Å². The van der Waals surface area contributed by atoms with Gasteiger partial charge in [-0.25, -0.2) is 13.1 Å². The fourth-order valence-corrected chi connectivity index (χ4v) is 2.25. The first-order valence-corrected chi connectivity index (χ1v) is 6.06. The lowest BCUT2D eigenvalue weighted by atomic mass is 10.3. The van der Waals surface area contributed by atoms with E-state index < -0.39 is 22.5 Å². The second-order valence-electron chi connectivity index (χ2n) is 3.19. The Morgan fingerprint density at radius 1 is 1.47 bits per heavy atom. The van der Waals surface area contributed by atoms with Gasteiger partial charge in [0.15, 0.2) is 0 Å². The van der Waals surface area contributed by atoms with E-state index in [0.29, 0.717) is 5.75 Å². The lowest BCUT2D eigenvalue weighted by molar-refractivity contribution is -0.116. The molecule has 0 radical (unpaired) electrons. The Morgan fingerprint density at radius 3 is 2.59 bits per heavy atom. The summed E-state index contributed by atoms with van der Waals surface area (Å²) in [6.07, 6.45) is 0. The molecule has 1 amide bonds. The smallest absolute Gasteiger partial charge is 0.243 e. The Labute approximate surface area is 98.8 Å². The minimum atomic E-state index is -3.84. The number of rotatable bonds is 5. The second-order valence-corrected chi connectivity index (χ2v) is 4.93. The highest BCUT2D eigenvalue weighted by atomic mass is 32.2. The standard InChI is InChI=1S/C9H13N3O4S/c1-16-6-2-3-8(7(10)4-6)17(14,15)12-5-9(11)13/h2-4,12H,5,10H2,1H3,(H2,11,13). The summed E-state index contributed by atoms with van der Waals surface area (Å²) in [6, 6.07) is 4.12. The highest BCUT2D eigenvalue weighted by molar-refractivity contribution is 7.89. The summed E-state index contributed by atoms with van der Waals surface area (Å²) in [4.78, 5) is 10.4. The van der Waals surface area contributed by atoms with Crippen LogP contribution in [-0.4, -0.2) is 28.0 Å². The number of hydrogen-bond acceptors (Lipinski definition) is 5. The molecular formula is C9H13N3O4S. The van der Waals surface area contributed by atoms with Crippen molar-refractivity contribution in [1.29, 1.82) is 0 Å². The Morgan fingerprint density at radius 2 is 2.12 bits per heavy atom. The van der Waals surface area contributed by atoms with E-state index in [4.69, 9.17) is 16.2 Å². The summed E-state index contributed by atoms with van der Waals surface area (Å²) < 4.78 is 30.4. The molecule has 0 aliphatic rings. The number of carbonyl (C=O) groups excluding carboxylic acids is 1. The maximum atomic E-state index is 11.7. The quantitative estimate of drug-likeness (QED) is 0.587. The van der Waals surface area contributed by atoms with Crippen LogP contribution in [0.15, 0.2) is 23.1 Å². The van der Waals surface area contributed by atoms with Crippen LogP contribution in [-0.2, 0) is 14.8 Å². The molecule has 0 bridgehead atoms. The Bertz CT molecular complexity index is 527. The largest absolute Gasteiger partial charge is 0.497 e. The zero-order valence-corrected chi connectivity index (χ0v) is 9.95. The number of hydrogen-bond donors (Lipinski definition) is 3. The van der Waals surface area contributed by atoms with Crippen LogP contribution in [0.25, 0.3) is 0 Å². The van der Waals surface area contributed by atoms with Crippen LogP contribution in [0.3, 0.4) is 0 Å². The highest BCUT2D eigenvalue weighted by Crippen LogP contribution is 2.23. The van der Waals surface area contributed by atoms with Gasteiger partial charge >= 0.3 is 0 Å². The molecule has 0 aliphatic carbocycles. The van der Waals surface area contributed by atoms with Gasteiger partial charge in [0, 0.05) is 6.07 Å². The number of nitrogens with one attached hydrogen (secondary N) is 1. The minimum Gasteiger partial charge on any atom is -0.497 e. The fourth-order valence-electron chi connectivity index (χ4n) is 1.14. The Hall–Kier alpha value is -1.80. The third-order valence-electron chi connectivity index (χ3n) is 1.94. The Balaban J connectivity index is 3.03. The molecule has 0 atom stereocenters. The zero-order valence-electron chi connectivity index (χ0n) is 9.14. The molecule has 0 aliphatic heterocycles. The van der Waals surface area contributed by atoms with Gasteiger partial charge in [0.1, 0.15) is 10.6 Å². The molecule has 7 nitrogen and oxygen atoms in total. The lowest BCUT2D eigenvalue weighted by Crippen LogP contribution is -2.33. The number of nitrogen functional groups attached to an aromatic ring is 1. The van der Waals surface area contributed by atoms with Crippen LogP contribution >= 0.6 is 0 Å². The van der Waals surface area contributed by atoms with Crippen LogP contribution < -0.4 is 20.9 Å². The van der Waals surface area contributed by atoms with Gasteiger partial charge in [0.05, 0.1) is 19.3 Å². The summed E-state index contributed by atoms with van der Waals surface area (Å²) >= 11 is 0. The molecule has 1 aromatic carbocycles. The molecule has 0 aromatic heterocycles. The average Bonchev–Trinajstić information content (AvgIpc) is 2.26. The number of nitrogens with two attached hydrogens (primary N) is 2. The molecule has 0 spiro atoms. The molecule has 94 valence electrons. The lowest BCUT2D eigenvalue weighted by Gasteiger charge is -2.09. The number of carbonyl (C=O) groups is 1. The highest BCUT2D eigenvalue weighted by Gasteiger charge is 2.18. The summed E-state index contributed by atoms with van der Waals surface area (Å²) in [5.41, 5.74) is 10.4. The maximum absolute atomic E-state index is 11.7. The number of ether oxygens (including phenoxy) is 1. The number of sulfonamides is 1. The van der Waals surface area contributed by atoms with E-state index in [1.54, 1.807) is 0 Å². The van der Waals surface area contributed by atoms with E-state index in [1.165, 1.54) is 25.3 Å². The van der Waals surface area contributed by atoms with Crippen molar-refractivity contribution in [2.45, 2.75) is 4.90 Å². The van der Waals surface area contributed by atoms with Crippen molar-refractivity contribution in [3.05, 3.63) is 18.2 Å². The molecule has 1 rings (SSSR count). The van der Waals surface area contributed by atoms with Gasteiger partial charge in [-0.1, -0.05) is 0 Å². The summed E-state index contributed by atoms with van der Waals surface area (Å²) in [5, 5.41) is 0. The number of primary amides is 1. The number of methoxy groups -OCH3 is 1. The predicted molar refractivity (Wildman–Crippen MR) is 61.8 cm³/mol. The summed E-state index contributed by atoms with van der Waals surface area (Å²) in [5.74, 6) is -0.336. The van der Waals surface area contributed by atoms with E-state index in [2.05, 4.69) is 0 Å². The molecule has 0 saturated carbocycles. The first-order valence-electron chi connectivity index (χ1n) is 4.58. The molecule has 0 unspecified atom stereocenters. The van der Waals surface area contributed by atoms with Crippen LogP contribution in [0.1, 0.15) is 0 Å². The van der Waals surface area contributed by atoms with Crippen molar-refractivity contribution in [2.24, 2.45) is 5.73 Å². The minimum absolute atomic E-state index is 0.0290. The molecular weight excluding hydrogens is 246 g/mol. The third-order valence-corrected chi connectivity index (χ3v) is 3.42. The molecule has 17 heavy (non-hydrogen) atoms. The normalized spacial score (nSPS) is 11.1. The predicted octanol–water partition coefficient (Wildman–Crippen LogP) is -0.959. The topological polar surface area (TPSA) is 125 Å². The van der Waals surface area contributed by atoms with E-state index in [9.17, 15) is 13.2 Å². The van der Waals surface area contributed by atoms with Crippen molar-refractivity contribution < 1.29 is 17.9 Å². The first-order chi connectivity index (χ1) is 7.86. The molecule has 0 fully saturated rings. The maximum Gasteiger partial charge on any atom is 0.243 e. The van der Waals surface area contributed by atoms with Gasteiger partial charge in [0.25, 0.3) is 0 Å². The summed E-state index contributed by atoms with van der Waals surface area (Å²) in [7, 11) is -2.40. The van der Waals surface area contributed by atoms with E-state index in [1.807, 2.05) is 4.72 Å². The second kappa shape index (κ2) is 5.02. The average molecular weight is 259 g/mol. The SMILES string of the molecule is COc1ccc(S(=O)(=O)NCC(N)=O)c(N)c1. The molecule has 0 saturated heterocycles. The van der Waals surface area contributed by atoms with Gasteiger partial charge in [-0.2, -0.15) is 0 Å². The first kappa shape index (κ1) is 13.3. The van der Waals surface area contributed by atoms with Crippen molar-refractivity contribution in [3.8, 4) is 5.75 Å². The van der Waals surface area contributed by atoms with Crippen molar-refractivity contribution in [1.82, 2.24) is 4.72 Å². The van der Waals surface area contributed by atoms with E-state index >= 15 is 0 Å². The van der Waals surface area contributed by atoms with Crippen molar-refractivity contribution in [2.75, 3.05) is 19.4 Å². The van der Waals surface area contributed by atoms with Gasteiger partial charge < -0.3 is 16.2 Å². The van der Waals surface area contributed by atoms with Gasteiger partial charge in [-0.15, -0.1) is 0 Å². The van der Waals surface area contributed by atoms with E-state index in [0.717, 1.165) is 0 Å². The molecule has 8 heteroatoms. The zero-order chi connectivity index (χ0) is 13.1. The summed E-state index contributed by atoms with van der Waals surface area (Å²) in [6.45, 7) is -0.478. The number of benzene rings is 1.